The van der Waals surface area contributed by atoms with Gasteiger partial charge in [-0.05, 0) is 19.1 Å². The lowest BCUT2D eigenvalue weighted by Crippen LogP contribution is -2.18. The fourth-order valence-electron chi connectivity index (χ4n) is 2.95. The van der Waals surface area contributed by atoms with E-state index < -0.39 is 0 Å². The molecule has 4 heterocycles. The summed E-state index contributed by atoms with van der Waals surface area (Å²) >= 11 is 0. The lowest BCUT2D eigenvalue weighted by molar-refractivity contribution is 0.0960. The average molecular weight is 407 g/mol. The van der Waals surface area contributed by atoms with Crippen LogP contribution in [0, 0.1) is 6.92 Å². The molecule has 4 rings (SSSR count). The van der Waals surface area contributed by atoms with Crippen molar-refractivity contribution >= 4 is 23.1 Å². The first-order chi connectivity index (χ1) is 14.6. The fraction of sp³-hybridized carbons (Fsp3) is 0.211. The number of aromatic nitrogens is 6. The Morgan fingerprint density at radius 3 is 2.97 bits per heavy atom. The van der Waals surface area contributed by atoms with Crippen molar-refractivity contribution in [1.82, 2.24) is 34.4 Å². The number of aryl methyl sites for hydroxylation is 1. The van der Waals surface area contributed by atoms with Crippen molar-refractivity contribution in [3.8, 4) is 11.6 Å². The molecule has 0 saturated carbocycles. The maximum atomic E-state index is 12.1. The summed E-state index contributed by atoms with van der Waals surface area (Å²) in [4.78, 5) is 25.2. The molecule has 0 aliphatic heterocycles. The number of rotatable bonds is 7. The van der Waals surface area contributed by atoms with E-state index in [1.165, 1.54) is 0 Å². The average Bonchev–Trinajstić information content (AvgIpc) is 3.36. The largest absolute Gasteiger partial charge is 0.489 e. The Morgan fingerprint density at radius 2 is 2.17 bits per heavy atom. The predicted octanol–water partition coefficient (Wildman–Crippen LogP) is 1.06. The van der Waals surface area contributed by atoms with E-state index in [1.54, 1.807) is 36.4 Å². The number of pyridine rings is 1. The highest BCUT2D eigenvalue weighted by molar-refractivity contribution is 5.99. The van der Waals surface area contributed by atoms with E-state index in [-0.39, 0.29) is 5.91 Å². The molecule has 0 fully saturated rings. The number of carbonyl (C=O) groups is 1. The molecule has 0 spiro atoms. The minimum atomic E-state index is -0.248. The molecule has 11 nitrogen and oxygen atoms in total. The molecule has 0 aromatic carbocycles. The van der Waals surface area contributed by atoms with Crippen molar-refractivity contribution in [1.29, 1.82) is 0 Å². The summed E-state index contributed by atoms with van der Waals surface area (Å²) in [5.41, 5.74) is 7.21. The number of nitrogens with two attached hydrogens (primary N) is 1. The number of amides is 1. The molecule has 4 aromatic rings. The lowest BCUT2D eigenvalue weighted by atomic mass is 10.3. The zero-order chi connectivity index (χ0) is 21.1. The second kappa shape index (κ2) is 8.17. The number of nitrogens with zero attached hydrogens (tertiary/aromatic N) is 6. The Hall–Kier alpha value is -3.99. The molecule has 30 heavy (non-hydrogen) atoms. The summed E-state index contributed by atoms with van der Waals surface area (Å²) in [5, 5.41) is 10.0. The van der Waals surface area contributed by atoms with E-state index in [4.69, 9.17) is 10.5 Å². The normalized spacial score (nSPS) is 10.9. The smallest absolute Gasteiger partial charge is 0.271 e. The van der Waals surface area contributed by atoms with Crippen LogP contribution in [0.1, 0.15) is 16.3 Å². The van der Waals surface area contributed by atoms with Gasteiger partial charge in [-0.25, -0.2) is 14.6 Å². The first-order valence-electron chi connectivity index (χ1n) is 9.28. The number of imidazole rings is 1. The van der Waals surface area contributed by atoms with E-state index in [9.17, 15) is 4.79 Å². The molecular formula is C19H21N9O2. The second-order valence-corrected chi connectivity index (χ2v) is 6.38. The van der Waals surface area contributed by atoms with Crippen LogP contribution in [0.4, 0.5) is 11.6 Å². The van der Waals surface area contributed by atoms with Gasteiger partial charge < -0.3 is 25.5 Å². The van der Waals surface area contributed by atoms with Gasteiger partial charge in [0.2, 0.25) is 5.95 Å². The molecule has 154 valence electrons. The molecule has 0 radical (unpaired) electrons. The van der Waals surface area contributed by atoms with Gasteiger partial charge >= 0.3 is 0 Å². The highest BCUT2D eigenvalue weighted by Crippen LogP contribution is 2.21. The number of carbonyl (C=O) groups excluding carboxylic acids is 1. The van der Waals surface area contributed by atoms with Crippen LogP contribution in [0.5, 0.6) is 5.75 Å². The quantitative estimate of drug-likeness (QED) is 0.413. The van der Waals surface area contributed by atoms with Crippen molar-refractivity contribution in [2.75, 3.05) is 25.5 Å². The van der Waals surface area contributed by atoms with Crippen LogP contribution in [0.25, 0.3) is 11.3 Å². The maximum absolute atomic E-state index is 12.1. The van der Waals surface area contributed by atoms with Crippen molar-refractivity contribution in [3.63, 3.8) is 0 Å². The third-order valence-corrected chi connectivity index (χ3v) is 4.34. The first-order valence-corrected chi connectivity index (χ1v) is 9.28. The summed E-state index contributed by atoms with van der Waals surface area (Å²) in [7, 11) is 1.58. The van der Waals surface area contributed by atoms with Crippen LogP contribution in [-0.4, -0.2) is 55.2 Å². The van der Waals surface area contributed by atoms with Gasteiger partial charge in [-0.2, -0.15) is 10.1 Å². The van der Waals surface area contributed by atoms with Crippen LogP contribution in [0.15, 0.2) is 43.0 Å². The third-order valence-electron chi connectivity index (χ3n) is 4.34. The molecule has 0 bridgehead atoms. The summed E-state index contributed by atoms with van der Waals surface area (Å²) in [6.45, 7) is 2.68. The van der Waals surface area contributed by atoms with Crippen molar-refractivity contribution in [2.45, 2.75) is 6.92 Å². The Bertz CT molecular complexity index is 1200. The molecule has 0 atom stereocenters. The Kier molecular flexibility index (Phi) is 5.26. The molecule has 11 heteroatoms. The van der Waals surface area contributed by atoms with Gasteiger partial charge in [0.25, 0.3) is 5.91 Å². The monoisotopic (exact) mass is 407 g/mol. The standard InChI is InChI=1S/C19H21N9O2/c1-12-24-17(18(29)21-2)15-9-13(4-7-27(12)15)25-19-22-6-3-16(26-19)28-11-14(10-23-28)30-8-5-20/h3-4,6-7,9-11H,5,8,20H2,1-2H3,(H,21,29)(H,22,25,26). The minimum absolute atomic E-state index is 0.248. The van der Waals surface area contributed by atoms with E-state index in [2.05, 4.69) is 30.7 Å². The Morgan fingerprint density at radius 1 is 1.30 bits per heavy atom. The van der Waals surface area contributed by atoms with E-state index in [0.717, 1.165) is 11.5 Å². The van der Waals surface area contributed by atoms with Gasteiger partial charge in [-0.3, -0.25) is 4.79 Å². The van der Waals surface area contributed by atoms with Crippen molar-refractivity contribution < 1.29 is 9.53 Å². The molecule has 0 aliphatic carbocycles. The SMILES string of the molecule is CNC(=O)c1nc(C)n2ccc(Nc3nccc(-n4cc(OCCN)cn4)n3)cc12. The van der Waals surface area contributed by atoms with Crippen LogP contribution >= 0.6 is 0 Å². The number of anilines is 2. The molecule has 1 amide bonds. The van der Waals surface area contributed by atoms with Crippen LogP contribution < -0.4 is 21.1 Å². The van der Waals surface area contributed by atoms with Gasteiger partial charge in [0.1, 0.15) is 12.4 Å². The molecule has 0 unspecified atom stereocenters. The zero-order valence-electron chi connectivity index (χ0n) is 16.5. The molecule has 0 saturated heterocycles. The van der Waals surface area contributed by atoms with Gasteiger partial charge in [-0.15, -0.1) is 0 Å². The molecule has 4 aromatic heterocycles. The van der Waals surface area contributed by atoms with E-state index >= 15 is 0 Å². The van der Waals surface area contributed by atoms with Crippen LogP contribution in [0.3, 0.4) is 0 Å². The lowest BCUT2D eigenvalue weighted by Gasteiger charge is -2.08. The Balaban J connectivity index is 1.60. The second-order valence-electron chi connectivity index (χ2n) is 6.38. The zero-order valence-corrected chi connectivity index (χ0v) is 16.5. The summed E-state index contributed by atoms with van der Waals surface area (Å²) in [5.74, 6) is 2.04. The molecular weight excluding hydrogens is 386 g/mol. The Labute approximate surface area is 171 Å². The minimum Gasteiger partial charge on any atom is -0.489 e. The summed E-state index contributed by atoms with van der Waals surface area (Å²) in [6, 6.07) is 5.42. The van der Waals surface area contributed by atoms with Crippen LogP contribution in [-0.2, 0) is 0 Å². The van der Waals surface area contributed by atoms with Crippen molar-refractivity contribution in [3.05, 3.63) is 54.5 Å². The van der Waals surface area contributed by atoms with Gasteiger partial charge in [0, 0.05) is 37.7 Å². The van der Waals surface area contributed by atoms with E-state index in [0.29, 0.717) is 41.9 Å². The highest BCUT2D eigenvalue weighted by Gasteiger charge is 2.15. The summed E-state index contributed by atoms with van der Waals surface area (Å²) in [6.07, 6.45) is 6.79. The third kappa shape index (κ3) is 3.78. The predicted molar refractivity (Wildman–Crippen MR) is 110 cm³/mol. The highest BCUT2D eigenvalue weighted by atomic mass is 16.5. The fourth-order valence-corrected chi connectivity index (χ4v) is 2.95. The molecule has 0 aliphatic rings. The number of fused-ring (bicyclic) bond motifs is 1. The number of hydrogen-bond donors (Lipinski definition) is 3. The van der Waals surface area contributed by atoms with Gasteiger partial charge in [0.15, 0.2) is 17.3 Å². The van der Waals surface area contributed by atoms with Gasteiger partial charge in [-0.1, -0.05) is 0 Å². The van der Waals surface area contributed by atoms with E-state index in [1.807, 2.05) is 29.7 Å². The number of nitrogens with one attached hydrogen (secondary N) is 2. The van der Waals surface area contributed by atoms with Crippen molar-refractivity contribution in [2.24, 2.45) is 5.73 Å². The van der Waals surface area contributed by atoms with Gasteiger partial charge in [0.05, 0.1) is 17.9 Å². The maximum Gasteiger partial charge on any atom is 0.271 e. The molecule has 4 N–H and O–H groups in total. The topological polar surface area (TPSA) is 137 Å². The summed E-state index contributed by atoms with van der Waals surface area (Å²) < 4.78 is 8.89. The first kappa shape index (κ1) is 19.3. The number of ether oxygens (including phenoxy) is 1. The number of hydrogen-bond acceptors (Lipinski definition) is 8. The van der Waals surface area contributed by atoms with Crippen LogP contribution in [0.2, 0.25) is 0 Å².